The van der Waals surface area contributed by atoms with Crippen LogP contribution in [-0.4, -0.2) is 35.8 Å². The first-order valence-electron chi connectivity index (χ1n) is 8.09. The number of para-hydroxylation sites is 1. The summed E-state index contributed by atoms with van der Waals surface area (Å²) in [6.07, 6.45) is 0. The number of rotatable bonds is 7. The minimum atomic E-state index is -0.371. The molecule has 0 aliphatic heterocycles. The van der Waals surface area contributed by atoms with Crippen molar-refractivity contribution in [3.05, 3.63) is 60.4 Å². The van der Waals surface area contributed by atoms with Crippen LogP contribution in [-0.2, 0) is 9.59 Å². The third-order valence-electron chi connectivity index (χ3n) is 3.60. The van der Waals surface area contributed by atoms with Gasteiger partial charge in [0.05, 0.1) is 6.54 Å². The van der Waals surface area contributed by atoms with E-state index in [1.165, 1.54) is 29.2 Å². The molecule has 0 saturated carbocycles. The van der Waals surface area contributed by atoms with E-state index in [4.69, 9.17) is 0 Å². The van der Waals surface area contributed by atoms with Gasteiger partial charge in [0.2, 0.25) is 11.8 Å². The average molecular weight is 380 g/mol. The van der Waals surface area contributed by atoms with Gasteiger partial charge in [-0.15, -0.1) is 12.4 Å². The zero-order valence-electron chi connectivity index (χ0n) is 14.7. The summed E-state index contributed by atoms with van der Waals surface area (Å²) in [6, 6.07) is 14.8. The highest BCUT2D eigenvalue weighted by Crippen LogP contribution is 2.09. The summed E-state index contributed by atoms with van der Waals surface area (Å²) in [7, 11) is 0. The third-order valence-corrected chi connectivity index (χ3v) is 3.60. The van der Waals surface area contributed by atoms with E-state index in [-0.39, 0.29) is 49.2 Å². The molecule has 2 N–H and O–H groups in total. The van der Waals surface area contributed by atoms with Gasteiger partial charge in [-0.05, 0) is 50.2 Å². The summed E-state index contributed by atoms with van der Waals surface area (Å²) in [5.74, 6) is -0.870. The minimum absolute atomic E-state index is 0. The molecule has 0 fully saturated rings. The smallest absolute Gasteiger partial charge is 0.244 e. The number of hydrogen-bond donors (Lipinski definition) is 2. The zero-order chi connectivity index (χ0) is 18.2. The number of halogens is 2. The number of nitrogens with one attached hydrogen (secondary N) is 2. The SMILES string of the molecule is CC(C)N(CC(=O)Nc1ccc(F)cc1)C(=O)CNc1ccccc1.Cl. The van der Waals surface area contributed by atoms with Crippen LogP contribution in [0.3, 0.4) is 0 Å². The highest BCUT2D eigenvalue weighted by Gasteiger charge is 2.20. The van der Waals surface area contributed by atoms with Crippen LogP contribution in [0.4, 0.5) is 15.8 Å². The number of anilines is 2. The second-order valence-electron chi connectivity index (χ2n) is 5.89. The monoisotopic (exact) mass is 379 g/mol. The van der Waals surface area contributed by atoms with Crippen LogP contribution in [0.2, 0.25) is 0 Å². The van der Waals surface area contributed by atoms with Crippen molar-refractivity contribution in [2.45, 2.75) is 19.9 Å². The maximum absolute atomic E-state index is 12.9. The van der Waals surface area contributed by atoms with Crippen molar-refractivity contribution in [2.24, 2.45) is 0 Å². The maximum Gasteiger partial charge on any atom is 0.244 e. The molecule has 0 radical (unpaired) electrons. The summed E-state index contributed by atoms with van der Waals surface area (Å²) in [5.41, 5.74) is 1.33. The first-order chi connectivity index (χ1) is 12.0. The number of nitrogens with zero attached hydrogens (tertiary/aromatic N) is 1. The molecule has 7 heteroatoms. The van der Waals surface area contributed by atoms with E-state index in [1.807, 2.05) is 44.2 Å². The van der Waals surface area contributed by atoms with Gasteiger partial charge < -0.3 is 15.5 Å². The molecule has 0 atom stereocenters. The maximum atomic E-state index is 12.9. The van der Waals surface area contributed by atoms with Crippen LogP contribution in [0, 0.1) is 5.82 Å². The van der Waals surface area contributed by atoms with E-state index in [0.717, 1.165) is 5.69 Å². The van der Waals surface area contributed by atoms with Gasteiger partial charge in [0.1, 0.15) is 12.4 Å². The molecular formula is C19H23ClFN3O2. The Morgan fingerprint density at radius 3 is 2.19 bits per heavy atom. The molecule has 5 nitrogen and oxygen atoms in total. The molecule has 26 heavy (non-hydrogen) atoms. The van der Waals surface area contributed by atoms with Crippen molar-refractivity contribution in [3.8, 4) is 0 Å². The van der Waals surface area contributed by atoms with Crippen molar-refractivity contribution in [2.75, 3.05) is 23.7 Å². The summed E-state index contributed by atoms with van der Waals surface area (Å²) < 4.78 is 12.9. The lowest BCUT2D eigenvalue weighted by Crippen LogP contribution is -2.44. The molecule has 2 aromatic rings. The Morgan fingerprint density at radius 2 is 1.62 bits per heavy atom. The van der Waals surface area contributed by atoms with Crippen molar-refractivity contribution in [1.82, 2.24) is 4.90 Å². The van der Waals surface area contributed by atoms with Crippen LogP contribution in [0.5, 0.6) is 0 Å². The Morgan fingerprint density at radius 1 is 1.00 bits per heavy atom. The summed E-state index contributed by atoms with van der Waals surface area (Å²) >= 11 is 0. The van der Waals surface area contributed by atoms with Crippen molar-refractivity contribution < 1.29 is 14.0 Å². The van der Waals surface area contributed by atoms with Crippen molar-refractivity contribution in [3.63, 3.8) is 0 Å². The highest BCUT2D eigenvalue weighted by molar-refractivity contribution is 5.95. The first-order valence-corrected chi connectivity index (χ1v) is 8.09. The van der Waals surface area contributed by atoms with E-state index < -0.39 is 0 Å². The fourth-order valence-electron chi connectivity index (χ4n) is 2.28. The number of amides is 2. The summed E-state index contributed by atoms with van der Waals surface area (Å²) in [5, 5.41) is 5.71. The van der Waals surface area contributed by atoms with Crippen LogP contribution in [0.15, 0.2) is 54.6 Å². The average Bonchev–Trinajstić information content (AvgIpc) is 2.60. The normalized spacial score (nSPS) is 10.0. The molecule has 0 aliphatic carbocycles. The van der Waals surface area contributed by atoms with Crippen LogP contribution in [0.25, 0.3) is 0 Å². The summed E-state index contributed by atoms with van der Waals surface area (Å²) in [4.78, 5) is 26.1. The van der Waals surface area contributed by atoms with E-state index in [2.05, 4.69) is 10.6 Å². The number of carbonyl (C=O) groups excluding carboxylic acids is 2. The van der Waals surface area contributed by atoms with E-state index in [1.54, 1.807) is 0 Å². The molecule has 0 aliphatic rings. The van der Waals surface area contributed by atoms with Gasteiger partial charge in [-0.1, -0.05) is 18.2 Å². The van der Waals surface area contributed by atoms with Gasteiger partial charge in [0, 0.05) is 17.4 Å². The van der Waals surface area contributed by atoms with Crippen molar-refractivity contribution in [1.29, 1.82) is 0 Å². The van der Waals surface area contributed by atoms with Crippen LogP contribution < -0.4 is 10.6 Å². The van der Waals surface area contributed by atoms with Gasteiger partial charge in [-0.3, -0.25) is 9.59 Å². The highest BCUT2D eigenvalue weighted by atomic mass is 35.5. The van der Waals surface area contributed by atoms with E-state index in [0.29, 0.717) is 5.69 Å². The second kappa shape index (κ2) is 10.4. The molecule has 0 aromatic heterocycles. The molecular weight excluding hydrogens is 357 g/mol. The first kappa shape index (κ1) is 21.4. The molecule has 0 spiro atoms. The predicted molar refractivity (Wildman–Crippen MR) is 104 cm³/mol. The molecule has 0 saturated heterocycles. The Labute approximate surface area is 159 Å². The van der Waals surface area contributed by atoms with Crippen LogP contribution >= 0.6 is 12.4 Å². The minimum Gasteiger partial charge on any atom is -0.376 e. The van der Waals surface area contributed by atoms with E-state index >= 15 is 0 Å². The molecule has 0 unspecified atom stereocenters. The molecule has 140 valence electrons. The standard InChI is InChI=1S/C19H22FN3O2.ClH/c1-14(2)23(19(25)12-21-16-6-4-3-5-7-16)13-18(24)22-17-10-8-15(20)9-11-17;/h3-11,14,21H,12-13H2,1-2H3,(H,22,24);1H. The lowest BCUT2D eigenvalue weighted by Gasteiger charge is -2.26. The quantitative estimate of drug-likeness (QED) is 0.773. The van der Waals surface area contributed by atoms with Gasteiger partial charge in [-0.2, -0.15) is 0 Å². The zero-order valence-corrected chi connectivity index (χ0v) is 15.6. The Kier molecular flexibility index (Phi) is 8.58. The molecule has 0 heterocycles. The lowest BCUT2D eigenvalue weighted by molar-refractivity contribution is -0.134. The molecule has 2 aromatic carbocycles. The van der Waals surface area contributed by atoms with Gasteiger partial charge in [-0.25, -0.2) is 4.39 Å². The van der Waals surface area contributed by atoms with Gasteiger partial charge in [0.15, 0.2) is 0 Å². The second-order valence-corrected chi connectivity index (χ2v) is 5.89. The van der Waals surface area contributed by atoms with Crippen LogP contribution in [0.1, 0.15) is 13.8 Å². The summed E-state index contributed by atoms with van der Waals surface area (Å²) in [6.45, 7) is 3.74. The fraction of sp³-hybridized carbons (Fsp3) is 0.263. The fourth-order valence-corrected chi connectivity index (χ4v) is 2.28. The van der Waals surface area contributed by atoms with Gasteiger partial charge in [0.25, 0.3) is 0 Å². The predicted octanol–water partition coefficient (Wildman–Crippen LogP) is 3.54. The Hall–Kier alpha value is -2.60. The molecule has 2 rings (SSSR count). The number of hydrogen-bond acceptors (Lipinski definition) is 3. The Bertz CT molecular complexity index is 708. The topological polar surface area (TPSA) is 61.4 Å². The lowest BCUT2D eigenvalue weighted by atomic mass is 10.2. The van der Waals surface area contributed by atoms with Crippen molar-refractivity contribution >= 4 is 35.6 Å². The number of benzene rings is 2. The molecule has 2 amide bonds. The Balaban J connectivity index is 0.00000338. The van der Waals surface area contributed by atoms with Gasteiger partial charge >= 0.3 is 0 Å². The third kappa shape index (κ3) is 6.72. The molecule has 0 bridgehead atoms. The number of carbonyl (C=O) groups is 2. The largest absolute Gasteiger partial charge is 0.376 e. The van der Waals surface area contributed by atoms with E-state index in [9.17, 15) is 14.0 Å².